The van der Waals surface area contributed by atoms with Gasteiger partial charge in [0, 0.05) is 12.8 Å². The van der Waals surface area contributed by atoms with Crippen molar-refractivity contribution in [3.63, 3.8) is 0 Å². The summed E-state index contributed by atoms with van der Waals surface area (Å²) in [4.78, 5) is 20.3. The maximum atomic E-state index is 10.4. The second-order valence-corrected chi connectivity index (χ2v) is 3.36. The Hall–Kier alpha value is -0.180. The molecular weight excluding hydrogens is 208 g/mol. The van der Waals surface area contributed by atoms with Gasteiger partial charge in [-0.25, -0.2) is 0 Å². The highest BCUT2D eigenvalue weighted by molar-refractivity contribution is 9.18. The topological polar surface area (TPSA) is 34.1 Å². The second kappa shape index (κ2) is 7.92. The summed E-state index contributed by atoms with van der Waals surface area (Å²) in [6.45, 7) is 0. The van der Waals surface area contributed by atoms with Crippen LogP contribution >= 0.6 is 15.9 Å². The molecule has 2 nitrogen and oxygen atoms in total. The molecule has 0 aromatic rings. The summed E-state index contributed by atoms with van der Waals surface area (Å²) >= 11 is 2.86. The number of rotatable bonds is 7. The van der Waals surface area contributed by atoms with Crippen molar-refractivity contribution in [2.75, 3.05) is 0 Å². The van der Waals surface area contributed by atoms with Gasteiger partial charge in [-0.3, -0.25) is 4.79 Å². The first kappa shape index (κ1) is 10.8. The summed E-state index contributed by atoms with van der Waals surface area (Å²) in [6, 6.07) is 0. The van der Waals surface area contributed by atoms with Gasteiger partial charge in [-0.15, -0.1) is 0 Å². The lowest BCUT2D eigenvalue weighted by atomic mass is 10.1. The standard InChI is InChI=1S/C8H13BrO2/c9-8(11)6-4-2-1-3-5-7-10/h7H,1-6H2. The van der Waals surface area contributed by atoms with E-state index in [1.807, 2.05) is 0 Å². The molecule has 0 radical (unpaired) electrons. The van der Waals surface area contributed by atoms with E-state index < -0.39 is 0 Å². The molecule has 0 spiro atoms. The first-order valence-corrected chi connectivity index (χ1v) is 4.68. The highest BCUT2D eigenvalue weighted by Gasteiger charge is 1.94. The Morgan fingerprint density at radius 2 is 1.82 bits per heavy atom. The van der Waals surface area contributed by atoms with Gasteiger partial charge < -0.3 is 4.79 Å². The molecule has 0 aromatic heterocycles. The molecule has 0 rings (SSSR count). The van der Waals surface area contributed by atoms with Crippen molar-refractivity contribution < 1.29 is 9.59 Å². The number of carbonyl (C=O) groups excluding carboxylic acids is 2. The summed E-state index contributed by atoms with van der Waals surface area (Å²) in [5.41, 5.74) is 0. The second-order valence-electron chi connectivity index (χ2n) is 2.47. The van der Waals surface area contributed by atoms with Crippen LogP contribution in [0, 0.1) is 0 Å². The molecule has 3 heteroatoms. The lowest BCUT2D eigenvalue weighted by Gasteiger charge is -1.94. The van der Waals surface area contributed by atoms with E-state index in [0.717, 1.165) is 32.0 Å². The first-order valence-electron chi connectivity index (χ1n) is 3.89. The molecule has 0 fully saturated rings. The Kier molecular flexibility index (Phi) is 7.79. The molecule has 0 atom stereocenters. The summed E-state index contributed by atoms with van der Waals surface area (Å²) in [6.07, 6.45) is 6.20. The normalized spacial score (nSPS) is 9.55. The Bertz CT molecular complexity index is 123. The molecule has 0 aliphatic heterocycles. The van der Waals surface area contributed by atoms with E-state index in [1.54, 1.807) is 0 Å². The van der Waals surface area contributed by atoms with Gasteiger partial charge in [0.05, 0.1) is 0 Å². The predicted octanol–water partition coefficient (Wildman–Crippen LogP) is 2.45. The molecular formula is C8H13BrO2. The maximum Gasteiger partial charge on any atom is 0.197 e. The quantitative estimate of drug-likeness (QED) is 0.376. The van der Waals surface area contributed by atoms with Crippen LogP contribution < -0.4 is 0 Å². The summed E-state index contributed by atoms with van der Waals surface area (Å²) in [5.74, 6) is 0. The van der Waals surface area contributed by atoms with E-state index in [-0.39, 0.29) is 4.69 Å². The third-order valence-corrected chi connectivity index (χ3v) is 1.84. The predicted molar refractivity (Wildman–Crippen MR) is 47.7 cm³/mol. The van der Waals surface area contributed by atoms with Crippen LogP contribution in [0.25, 0.3) is 0 Å². The van der Waals surface area contributed by atoms with Crippen LogP contribution in [0.3, 0.4) is 0 Å². The van der Waals surface area contributed by atoms with Gasteiger partial charge in [-0.05, 0) is 28.8 Å². The van der Waals surface area contributed by atoms with Crippen molar-refractivity contribution in [3.8, 4) is 0 Å². The van der Waals surface area contributed by atoms with Crippen molar-refractivity contribution in [1.29, 1.82) is 0 Å². The summed E-state index contributed by atoms with van der Waals surface area (Å²) in [7, 11) is 0. The lowest BCUT2D eigenvalue weighted by Crippen LogP contribution is -1.85. The summed E-state index contributed by atoms with van der Waals surface area (Å²) in [5, 5.41) is 0. The zero-order valence-electron chi connectivity index (χ0n) is 6.51. The number of hydrogen-bond acceptors (Lipinski definition) is 2. The highest BCUT2D eigenvalue weighted by Crippen LogP contribution is 2.06. The van der Waals surface area contributed by atoms with Crippen LogP contribution in [0.15, 0.2) is 0 Å². The van der Waals surface area contributed by atoms with Gasteiger partial charge in [-0.1, -0.05) is 12.8 Å². The monoisotopic (exact) mass is 220 g/mol. The van der Waals surface area contributed by atoms with Crippen LogP contribution in [0.1, 0.15) is 38.5 Å². The number of aldehydes is 1. The molecule has 0 saturated heterocycles. The average molecular weight is 221 g/mol. The molecule has 64 valence electrons. The van der Waals surface area contributed by atoms with E-state index in [4.69, 9.17) is 0 Å². The molecule has 0 N–H and O–H groups in total. The molecule has 0 saturated carbocycles. The molecule has 0 aromatic carbocycles. The van der Waals surface area contributed by atoms with Crippen LogP contribution in [0.5, 0.6) is 0 Å². The molecule has 0 bridgehead atoms. The van der Waals surface area contributed by atoms with Crippen molar-refractivity contribution in [2.45, 2.75) is 38.5 Å². The van der Waals surface area contributed by atoms with Crippen LogP contribution in [0.2, 0.25) is 0 Å². The van der Waals surface area contributed by atoms with Gasteiger partial charge in [0.1, 0.15) is 6.29 Å². The Morgan fingerprint density at radius 3 is 2.36 bits per heavy atom. The minimum Gasteiger partial charge on any atom is -0.303 e. The van der Waals surface area contributed by atoms with Gasteiger partial charge in [0.2, 0.25) is 0 Å². The largest absolute Gasteiger partial charge is 0.303 e. The SMILES string of the molecule is O=CCCCCCCC(=O)Br. The van der Waals surface area contributed by atoms with E-state index in [2.05, 4.69) is 15.9 Å². The number of carbonyl (C=O) groups is 2. The molecule has 11 heavy (non-hydrogen) atoms. The van der Waals surface area contributed by atoms with E-state index in [9.17, 15) is 9.59 Å². The van der Waals surface area contributed by atoms with E-state index in [0.29, 0.717) is 12.8 Å². The van der Waals surface area contributed by atoms with Crippen molar-refractivity contribution >= 4 is 26.9 Å². The van der Waals surface area contributed by atoms with Gasteiger partial charge in [0.15, 0.2) is 4.69 Å². The van der Waals surface area contributed by atoms with Gasteiger partial charge >= 0.3 is 0 Å². The van der Waals surface area contributed by atoms with Crippen molar-refractivity contribution in [3.05, 3.63) is 0 Å². The highest BCUT2D eigenvalue weighted by atomic mass is 79.9. The lowest BCUT2D eigenvalue weighted by molar-refractivity contribution is -0.110. The Balaban J connectivity index is 2.90. The smallest absolute Gasteiger partial charge is 0.197 e. The fourth-order valence-corrected chi connectivity index (χ4v) is 1.13. The molecule has 0 aliphatic carbocycles. The Labute approximate surface area is 75.5 Å². The maximum absolute atomic E-state index is 10.4. The zero-order valence-corrected chi connectivity index (χ0v) is 8.10. The number of hydrogen-bond donors (Lipinski definition) is 0. The van der Waals surface area contributed by atoms with Crippen LogP contribution in [0.4, 0.5) is 0 Å². The average Bonchev–Trinajstić information content (AvgIpc) is 1.96. The minimum absolute atomic E-state index is 0.0767. The van der Waals surface area contributed by atoms with Crippen LogP contribution in [-0.4, -0.2) is 11.0 Å². The van der Waals surface area contributed by atoms with Crippen molar-refractivity contribution in [1.82, 2.24) is 0 Å². The fraction of sp³-hybridized carbons (Fsp3) is 0.750. The van der Waals surface area contributed by atoms with Gasteiger partial charge in [0.25, 0.3) is 0 Å². The first-order chi connectivity index (χ1) is 5.27. The minimum atomic E-state index is 0.0767. The molecule has 0 aliphatic rings. The van der Waals surface area contributed by atoms with E-state index >= 15 is 0 Å². The third kappa shape index (κ3) is 9.82. The molecule has 0 heterocycles. The van der Waals surface area contributed by atoms with E-state index in [1.165, 1.54) is 0 Å². The molecule has 0 amide bonds. The van der Waals surface area contributed by atoms with Gasteiger partial charge in [-0.2, -0.15) is 0 Å². The number of halogens is 1. The molecule has 0 unspecified atom stereocenters. The van der Waals surface area contributed by atoms with Crippen LogP contribution in [-0.2, 0) is 9.59 Å². The Morgan fingerprint density at radius 1 is 1.18 bits per heavy atom. The third-order valence-electron chi connectivity index (χ3n) is 1.45. The number of unbranched alkanes of at least 4 members (excludes halogenated alkanes) is 4. The summed E-state index contributed by atoms with van der Waals surface area (Å²) < 4.78 is 0.0767. The zero-order chi connectivity index (χ0) is 8.53. The van der Waals surface area contributed by atoms with Crippen molar-refractivity contribution in [2.24, 2.45) is 0 Å². The fourth-order valence-electron chi connectivity index (χ4n) is 0.845.